The van der Waals surface area contributed by atoms with Crippen LogP contribution in [0.1, 0.15) is 12.0 Å². The summed E-state index contributed by atoms with van der Waals surface area (Å²) >= 11 is 0. The van der Waals surface area contributed by atoms with Crippen molar-refractivity contribution in [3.63, 3.8) is 0 Å². The molecule has 2 heterocycles. The van der Waals surface area contributed by atoms with Gasteiger partial charge in [0.05, 0.1) is 12.6 Å². The van der Waals surface area contributed by atoms with Crippen LogP contribution in [0.3, 0.4) is 0 Å². The van der Waals surface area contributed by atoms with Crippen molar-refractivity contribution in [3.8, 4) is 0 Å². The second-order valence-electron chi connectivity index (χ2n) is 5.07. The molecule has 1 aromatic rings. The lowest BCUT2D eigenvalue weighted by Gasteiger charge is -2.24. The van der Waals surface area contributed by atoms with Crippen molar-refractivity contribution in [3.05, 3.63) is 29.8 Å². The fourth-order valence-electron chi connectivity index (χ4n) is 2.73. The van der Waals surface area contributed by atoms with Gasteiger partial charge in [-0.25, -0.2) is 9.59 Å². The summed E-state index contributed by atoms with van der Waals surface area (Å²) < 4.78 is 5.21. The third kappa shape index (κ3) is 2.22. The molecule has 2 aliphatic rings. The molecule has 1 fully saturated rings. The topological polar surface area (TPSA) is 78.9 Å². The van der Waals surface area contributed by atoms with Gasteiger partial charge in [0.15, 0.2) is 0 Å². The van der Waals surface area contributed by atoms with Crippen LogP contribution in [0.25, 0.3) is 0 Å². The number of carboxylic acids is 1. The predicted molar refractivity (Wildman–Crippen MR) is 71.8 cm³/mol. The van der Waals surface area contributed by atoms with E-state index in [1.54, 1.807) is 6.07 Å². The Labute approximate surface area is 116 Å². The molecule has 3 rings (SSSR count). The molecular formula is C14H16N2O4. The Morgan fingerprint density at radius 3 is 2.85 bits per heavy atom. The van der Waals surface area contributed by atoms with Gasteiger partial charge in [0.2, 0.25) is 0 Å². The number of aliphatic carboxylic acids is 1. The second kappa shape index (κ2) is 5.13. The van der Waals surface area contributed by atoms with Gasteiger partial charge in [-0.2, -0.15) is 0 Å². The first kappa shape index (κ1) is 12.9. The van der Waals surface area contributed by atoms with Gasteiger partial charge < -0.3 is 15.2 Å². The van der Waals surface area contributed by atoms with Crippen molar-refractivity contribution in [2.24, 2.45) is 0 Å². The Kier molecular flexibility index (Phi) is 3.31. The highest BCUT2D eigenvalue weighted by Crippen LogP contribution is 2.32. The first-order chi connectivity index (χ1) is 9.66. The summed E-state index contributed by atoms with van der Waals surface area (Å²) in [5, 5.41) is 12.2. The fraction of sp³-hybridized carbons (Fsp3) is 0.429. The average Bonchev–Trinajstić information content (AvgIpc) is 3.04. The molecule has 2 amide bonds. The number of carboxylic acid groups (broad SMARTS) is 1. The molecule has 1 unspecified atom stereocenters. The molecule has 2 atom stereocenters. The van der Waals surface area contributed by atoms with Gasteiger partial charge >= 0.3 is 12.0 Å². The molecule has 0 spiro atoms. The number of fused-ring (bicyclic) bond motifs is 1. The number of ether oxygens (including phenoxy) is 1. The zero-order valence-corrected chi connectivity index (χ0v) is 10.9. The van der Waals surface area contributed by atoms with Crippen LogP contribution >= 0.6 is 0 Å². The van der Waals surface area contributed by atoms with Crippen LogP contribution in [0.15, 0.2) is 24.3 Å². The molecule has 20 heavy (non-hydrogen) atoms. The van der Waals surface area contributed by atoms with Crippen LogP contribution in [0.4, 0.5) is 10.5 Å². The summed E-state index contributed by atoms with van der Waals surface area (Å²) in [6.45, 7) is 1.11. The Hall–Kier alpha value is -2.08. The smallest absolute Gasteiger partial charge is 0.327 e. The fourth-order valence-corrected chi connectivity index (χ4v) is 2.73. The quantitative estimate of drug-likeness (QED) is 0.844. The Balaban J connectivity index is 1.84. The van der Waals surface area contributed by atoms with E-state index in [9.17, 15) is 14.7 Å². The highest BCUT2D eigenvalue weighted by molar-refractivity contribution is 6.01. The lowest BCUT2D eigenvalue weighted by molar-refractivity contribution is -0.138. The van der Waals surface area contributed by atoms with Crippen LogP contribution in [0.2, 0.25) is 0 Å². The van der Waals surface area contributed by atoms with Gasteiger partial charge in [-0.15, -0.1) is 0 Å². The number of carbonyl (C=O) groups excluding carboxylic acids is 1. The van der Waals surface area contributed by atoms with E-state index in [4.69, 9.17) is 4.74 Å². The number of hydrogen-bond donors (Lipinski definition) is 2. The molecule has 0 aromatic heterocycles. The van der Waals surface area contributed by atoms with E-state index in [1.807, 2.05) is 18.2 Å². The minimum atomic E-state index is -0.987. The van der Waals surface area contributed by atoms with Crippen molar-refractivity contribution < 1.29 is 19.4 Å². The highest BCUT2D eigenvalue weighted by atomic mass is 16.5. The van der Waals surface area contributed by atoms with E-state index < -0.39 is 12.0 Å². The molecule has 1 saturated heterocycles. The number of nitrogens with one attached hydrogen (secondary N) is 1. The maximum Gasteiger partial charge on any atom is 0.327 e. The monoisotopic (exact) mass is 276 g/mol. The average molecular weight is 276 g/mol. The third-order valence-corrected chi connectivity index (χ3v) is 3.74. The number of urea groups is 1. The van der Waals surface area contributed by atoms with E-state index in [1.165, 1.54) is 4.90 Å². The Bertz CT molecular complexity index is 540. The molecule has 1 aromatic carbocycles. The Morgan fingerprint density at radius 2 is 2.15 bits per heavy atom. The summed E-state index contributed by atoms with van der Waals surface area (Å²) in [6.07, 6.45) is 1.11. The molecule has 6 heteroatoms. The largest absolute Gasteiger partial charge is 0.480 e. The first-order valence-corrected chi connectivity index (χ1v) is 6.65. The van der Waals surface area contributed by atoms with Crippen molar-refractivity contribution in [1.82, 2.24) is 5.32 Å². The number of para-hydroxylation sites is 1. The van der Waals surface area contributed by atoms with Crippen LogP contribution < -0.4 is 10.2 Å². The summed E-state index contributed by atoms with van der Waals surface area (Å²) in [4.78, 5) is 25.1. The summed E-state index contributed by atoms with van der Waals surface area (Å²) in [7, 11) is 0. The van der Waals surface area contributed by atoms with Crippen LogP contribution in [-0.4, -0.2) is 42.4 Å². The van der Waals surface area contributed by atoms with Gasteiger partial charge in [0.25, 0.3) is 0 Å². The van der Waals surface area contributed by atoms with Crippen LogP contribution in [0.5, 0.6) is 0 Å². The lowest BCUT2D eigenvalue weighted by Crippen LogP contribution is -2.50. The molecule has 0 aliphatic carbocycles. The zero-order valence-electron chi connectivity index (χ0n) is 10.9. The number of hydrogen-bond acceptors (Lipinski definition) is 3. The normalized spacial score (nSPS) is 24.5. The van der Waals surface area contributed by atoms with Crippen molar-refractivity contribution >= 4 is 17.7 Å². The SMILES string of the molecule is O=C(O)[C@@H]1Cc2ccccc2N1C(=O)NC1CCOC1. The number of benzene rings is 1. The van der Waals surface area contributed by atoms with Crippen molar-refractivity contribution in [2.75, 3.05) is 18.1 Å². The molecular weight excluding hydrogens is 260 g/mol. The predicted octanol–water partition coefficient (Wildman–Crippen LogP) is 1.00. The van der Waals surface area contributed by atoms with Crippen LogP contribution in [-0.2, 0) is 16.0 Å². The van der Waals surface area contributed by atoms with Gasteiger partial charge in [0.1, 0.15) is 6.04 Å². The van der Waals surface area contributed by atoms with Gasteiger partial charge in [-0.3, -0.25) is 4.90 Å². The van der Waals surface area contributed by atoms with Crippen molar-refractivity contribution in [2.45, 2.75) is 24.9 Å². The van der Waals surface area contributed by atoms with E-state index in [0.717, 1.165) is 12.0 Å². The number of carbonyl (C=O) groups is 2. The van der Waals surface area contributed by atoms with E-state index in [-0.39, 0.29) is 12.1 Å². The molecule has 106 valence electrons. The minimum Gasteiger partial charge on any atom is -0.480 e. The number of anilines is 1. The third-order valence-electron chi connectivity index (χ3n) is 3.74. The summed E-state index contributed by atoms with van der Waals surface area (Å²) in [5.41, 5.74) is 1.56. The lowest BCUT2D eigenvalue weighted by atomic mass is 10.1. The Morgan fingerprint density at radius 1 is 1.35 bits per heavy atom. The summed E-state index contributed by atoms with van der Waals surface area (Å²) in [5.74, 6) is -0.987. The molecule has 2 N–H and O–H groups in total. The van der Waals surface area contributed by atoms with E-state index in [0.29, 0.717) is 25.3 Å². The van der Waals surface area contributed by atoms with Gasteiger partial charge in [0, 0.05) is 18.7 Å². The number of amides is 2. The number of rotatable bonds is 2. The first-order valence-electron chi connectivity index (χ1n) is 6.65. The molecule has 6 nitrogen and oxygen atoms in total. The molecule has 0 radical (unpaired) electrons. The highest BCUT2D eigenvalue weighted by Gasteiger charge is 2.39. The van der Waals surface area contributed by atoms with E-state index in [2.05, 4.69) is 5.32 Å². The molecule has 0 saturated carbocycles. The maximum atomic E-state index is 12.4. The van der Waals surface area contributed by atoms with Gasteiger partial charge in [-0.1, -0.05) is 18.2 Å². The van der Waals surface area contributed by atoms with Crippen molar-refractivity contribution in [1.29, 1.82) is 0 Å². The van der Waals surface area contributed by atoms with E-state index >= 15 is 0 Å². The van der Waals surface area contributed by atoms with Crippen LogP contribution in [0, 0.1) is 0 Å². The standard InChI is InChI=1S/C14H16N2O4/c17-13(18)12-7-9-3-1-2-4-11(9)16(12)14(19)15-10-5-6-20-8-10/h1-4,10,12H,5-8H2,(H,15,19)(H,17,18)/t10?,12-/m0/s1. The second-order valence-corrected chi connectivity index (χ2v) is 5.07. The summed E-state index contributed by atoms with van der Waals surface area (Å²) in [6, 6.07) is 6.06. The minimum absolute atomic E-state index is 0.0373. The maximum absolute atomic E-state index is 12.4. The molecule has 2 aliphatic heterocycles. The molecule has 0 bridgehead atoms. The zero-order chi connectivity index (χ0) is 14.1. The van der Waals surface area contributed by atoms with Gasteiger partial charge in [-0.05, 0) is 18.1 Å². The number of nitrogens with zero attached hydrogens (tertiary/aromatic N) is 1.